The Kier molecular flexibility index (Phi) is 1.51. The quantitative estimate of drug-likeness (QED) is 0.653. The lowest BCUT2D eigenvalue weighted by molar-refractivity contribution is 1.39. The van der Waals surface area contributed by atoms with Crippen LogP contribution >= 0.6 is 0 Å². The number of nitrogens with one attached hydrogen (secondary N) is 1. The third-order valence-electron chi connectivity index (χ3n) is 1.95. The van der Waals surface area contributed by atoms with Crippen LogP contribution in [0.3, 0.4) is 0 Å². The molecule has 0 aliphatic rings. The summed E-state index contributed by atoms with van der Waals surface area (Å²) in [6, 6.07) is 10.2. The van der Waals surface area contributed by atoms with E-state index < -0.39 is 0 Å². The molecule has 0 aliphatic heterocycles. The third kappa shape index (κ3) is 1.03. The van der Waals surface area contributed by atoms with Crippen molar-refractivity contribution in [2.45, 2.75) is 6.92 Å². The summed E-state index contributed by atoms with van der Waals surface area (Å²) in [4.78, 5) is 3.23. The molecular weight excluding hydrogens is 146 g/mol. The summed E-state index contributed by atoms with van der Waals surface area (Å²) in [5, 5.41) is 1.21. The van der Waals surface area contributed by atoms with Crippen LogP contribution in [0.15, 0.2) is 30.3 Å². The van der Waals surface area contributed by atoms with E-state index in [2.05, 4.69) is 17.1 Å². The molecule has 1 aromatic carbocycles. The van der Waals surface area contributed by atoms with E-state index in [9.17, 15) is 0 Å². The summed E-state index contributed by atoms with van der Waals surface area (Å²) in [5.74, 6) is 0. The SMILES string of the molecule is [CH]=C(C)c1cc2ccccc2[nH]1. The molecule has 1 aromatic heterocycles. The Bertz CT molecular complexity index is 390. The minimum atomic E-state index is 0.825. The van der Waals surface area contributed by atoms with Gasteiger partial charge in [-0.2, -0.15) is 0 Å². The van der Waals surface area contributed by atoms with Crippen LogP contribution in [0.5, 0.6) is 0 Å². The number of rotatable bonds is 1. The monoisotopic (exact) mass is 156 g/mol. The van der Waals surface area contributed by atoms with Crippen LogP contribution in [0.25, 0.3) is 16.5 Å². The smallest absolute Gasteiger partial charge is 0.0458 e. The van der Waals surface area contributed by atoms with Gasteiger partial charge in [-0.3, -0.25) is 0 Å². The molecule has 0 atom stereocenters. The molecule has 12 heavy (non-hydrogen) atoms. The number of hydrogen-bond acceptors (Lipinski definition) is 0. The highest BCUT2D eigenvalue weighted by Crippen LogP contribution is 2.18. The molecule has 1 heterocycles. The van der Waals surface area contributed by atoms with Crippen LogP contribution in [0, 0.1) is 6.58 Å². The minimum Gasteiger partial charge on any atom is -0.355 e. The highest BCUT2D eigenvalue weighted by molar-refractivity contribution is 5.83. The van der Waals surface area contributed by atoms with Crippen LogP contribution in [-0.4, -0.2) is 4.98 Å². The summed E-state index contributed by atoms with van der Waals surface area (Å²) in [6.07, 6.45) is 0. The lowest BCUT2D eigenvalue weighted by Crippen LogP contribution is -1.73. The highest BCUT2D eigenvalue weighted by atomic mass is 14.7. The Hall–Kier alpha value is -1.50. The number of aromatic amines is 1. The molecular formula is C11H10N. The second-order valence-electron chi connectivity index (χ2n) is 2.95. The molecule has 0 fully saturated rings. The first-order chi connectivity index (χ1) is 5.77. The maximum absolute atomic E-state index is 5.66. The second-order valence-corrected chi connectivity index (χ2v) is 2.95. The molecule has 1 heteroatoms. The lowest BCUT2D eigenvalue weighted by atomic mass is 10.2. The Morgan fingerprint density at radius 2 is 2.08 bits per heavy atom. The van der Waals surface area contributed by atoms with Crippen molar-refractivity contribution < 1.29 is 0 Å². The molecule has 0 saturated carbocycles. The van der Waals surface area contributed by atoms with Gasteiger partial charge in [-0.1, -0.05) is 24.8 Å². The number of benzene rings is 1. The molecule has 1 N–H and O–H groups in total. The zero-order valence-electron chi connectivity index (χ0n) is 6.96. The first-order valence-corrected chi connectivity index (χ1v) is 3.94. The zero-order chi connectivity index (χ0) is 8.55. The van der Waals surface area contributed by atoms with E-state index in [1.807, 2.05) is 25.1 Å². The fourth-order valence-electron chi connectivity index (χ4n) is 1.29. The van der Waals surface area contributed by atoms with Crippen molar-refractivity contribution in [3.05, 3.63) is 42.6 Å². The molecule has 59 valence electrons. The van der Waals surface area contributed by atoms with Crippen LogP contribution in [0.4, 0.5) is 0 Å². The number of aromatic nitrogens is 1. The van der Waals surface area contributed by atoms with Gasteiger partial charge in [0.1, 0.15) is 0 Å². The van der Waals surface area contributed by atoms with Crippen molar-refractivity contribution in [3.8, 4) is 0 Å². The molecule has 1 radical (unpaired) electrons. The number of hydrogen-bond donors (Lipinski definition) is 1. The molecule has 0 unspecified atom stereocenters. The van der Waals surface area contributed by atoms with Crippen molar-refractivity contribution in [2.75, 3.05) is 0 Å². The zero-order valence-corrected chi connectivity index (χ0v) is 6.96. The van der Waals surface area contributed by atoms with Gasteiger partial charge in [-0.15, -0.1) is 0 Å². The van der Waals surface area contributed by atoms with Crippen molar-refractivity contribution in [1.29, 1.82) is 0 Å². The number of para-hydroxylation sites is 1. The maximum Gasteiger partial charge on any atom is 0.0458 e. The van der Waals surface area contributed by atoms with Gasteiger partial charge in [0.05, 0.1) is 0 Å². The Morgan fingerprint density at radius 1 is 1.33 bits per heavy atom. The first-order valence-electron chi connectivity index (χ1n) is 3.94. The summed E-state index contributed by atoms with van der Waals surface area (Å²) >= 11 is 0. The lowest BCUT2D eigenvalue weighted by Gasteiger charge is -1.89. The second kappa shape index (κ2) is 2.52. The number of fused-ring (bicyclic) bond motifs is 1. The average molecular weight is 156 g/mol. The molecule has 0 saturated heterocycles. The van der Waals surface area contributed by atoms with Gasteiger partial charge in [0.25, 0.3) is 0 Å². The van der Waals surface area contributed by atoms with Gasteiger partial charge in [-0.25, -0.2) is 0 Å². The van der Waals surface area contributed by atoms with Gasteiger partial charge >= 0.3 is 0 Å². The van der Waals surface area contributed by atoms with Gasteiger partial charge < -0.3 is 4.98 Å². The summed E-state index contributed by atoms with van der Waals surface area (Å²) in [5.41, 5.74) is 2.97. The van der Waals surface area contributed by atoms with Crippen molar-refractivity contribution in [2.24, 2.45) is 0 Å². The fourth-order valence-corrected chi connectivity index (χ4v) is 1.29. The molecule has 0 bridgehead atoms. The molecule has 0 aliphatic carbocycles. The van der Waals surface area contributed by atoms with E-state index in [0.717, 1.165) is 16.8 Å². The van der Waals surface area contributed by atoms with Gasteiger partial charge in [0.2, 0.25) is 0 Å². The van der Waals surface area contributed by atoms with Gasteiger partial charge in [0.15, 0.2) is 0 Å². The van der Waals surface area contributed by atoms with E-state index in [4.69, 9.17) is 6.58 Å². The van der Waals surface area contributed by atoms with Crippen LogP contribution < -0.4 is 0 Å². The standard InChI is InChI=1S/C11H10N/c1-8(2)11-7-9-5-3-4-6-10(9)12-11/h1,3-7,12H,2H3. The Balaban J connectivity index is 2.70. The van der Waals surface area contributed by atoms with Gasteiger partial charge in [0, 0.05) is 11.2 Å². The average Bonchev–Trinajstić information content (AvgIpc) is 2.46. The summed E-state index contributed by atoms with van der Waals surface area (Å²) in [7, 11) is 0. The van der Waals surface area contributed by atoms with E-state index in [1.54, 1.807) is 0 Å². The van der Waals surface area contributed by atoms with E-state index in [0.29, 0.717) is 0 Å². The summed E-state index contributed by atoms with van der Waals surface area (Å²) in [6.45, 7) is 7.56. The van der Waals surface area contributed by atoms with Crippen molar-refractivity contribution in [3.63, 3.8) is 0 Å². The van der Waals surface area contributed by atoms with Crippen LogP contribution in [0.2, 0.25) is 0 Å². The molecule has 0 spiro atoms. The van der Waals surface area contributed by atoms with E-state index in [-0.39, 0.29) is 0 Å². The molecule has 2 rings (SSSR count). The predicted molar refractivity (Wildman–Crippen MR) is 51.7 cm³/mol. The molecule has 2 aromatic rings. The van der Waals surface area contributed by atoms with E-state index in [1.165, 1.54) is 5.39 Å². The summed E-state index contributed by atoms with van der Waals surface area (Å²) < 4.78 is 0. The topological polar surface area (TPSA) is 15.8 Å². The van der Waals surface area contributed by atoms with Crippen molar-refractivity contribution in [1.82, 2.24) is 4.98 Å². The normalized spacial score (nSPS) is 10.4. The van der Waals surface area contributed by atoms with E-state index >= 15 is 0 Å². The molecule has 1 nitrogen and oxygen atoms in total. The first kappa shape index (κ1) is 7.17. The van der Waals surface area contributed by atoms with Gasteiger partial charge in [-0.05, 0) is 30.0 Å². The van der Waals surface area contributed by atoms with Crippen molar-refractivity contribution >= 4 is 16.5 Å². The number of H-pyrrole nitrogens is 1. The highest BCUT2D eigenvalue weighted by Gasteiger charge is 1.98. The Labute approximate surface area is 71.7 Å². The number of allylic oxidation sites excluding steroid dienone is 1. The van der Waals surface area contributed by atoms with Crippen LogP contribution in [0.1, 0.15) is 12.6 Å². The maximum atomic E-state index is 5.66. The third-order valence-corrected chi connectivity index (χ3v) is 1.95. The Morgan fingerprint density at radius 3 is 2.75 bits per heavy atom. The largest absolute Gasteiger partial charge is 0.355 e. The predicted octanol–water partition coefficient (Wildman–Crippen LogP) is 3.00. The fraction of sp³-hybridized carbons (Fsp3) is 0.0909. The van der Waals surface area contributed by atoms with Crippen LogP contribution in [-0.2, 0) is 0 Å². The molecule has 0 amide bonds. The minimum absolute atomic E-state index is 0.825.